The van der Waals surface area contributed by atoms with Gasteiger partial charge < -0.3 is 20.5 Å². The van der Waals surface area contributed by atoms with E-state index >= 15 is 0 Å². The number of hydrogen-bond acceptors (Lipinski definition) is 5. The van der Waals surface area contributed by atoms with Gasteiger partial charge in [0.25, 0.3) is 0 Å². The predicted octanol–water partition coefficient (Wildman–Crippen LogP) is 4.69. The number of carboxylic acid groups (broad SMARTS) is 1. The van der Waals surface area contributed by atoms with Crippen molar-refractivity contribution in [2.45, 2.75) is 50.6 Å². The third-order valence-corrected chi connectivity index (χ3v) is 7.32. The summed E-state index contributed by atoms with van der Waals surface area (Å²) in [7, 11) is 1.14. The molecule has 11 heteroatoms. The van der Waals surface area contributed by atoms with Crippen LogP contribution < -0.4 is 10.6 Å². The van der Waals surface area contributed by atoms with Crippen LogP contribution in [0.2, 0.25) is 0 Å². The smallest absolute Gasteiger partial charge is 0.426 e. The number of nitrogens with zero attached hydrogens (tertiary/aromatic N) is 2. The van der Waals surface area contributed by atoms with E-state index in [1.807, 2.05) is 18.2 Å². The number of urea groups is 1. The zero-order chi connectivity index (χ0) is 28.1. The second-order valence-electron chi connectivity index (χ2n) is 9.70. The molecular formula is C28H32F2N4O5. The Morgan fingerprint density at radius 3 is 2.38 bits per heavy atom. The first-order valence-corrected chi connectivity index (χ1v) is 12.8. The number of ether oxygens (including phenoxy) is 1. The molecule has 0 bridgehead atoms. The molecule has 9 nitrogen and oxygen atoms in total. The van der Waals surface area contributed by atoms with Crippen molar-refractivity contribution < 1.29 is 33.0 Å². The Labute approximate surface area is 225 Å². The van der Waals surface area contributed by atoms with Crippen LogP contribution in [0.4, 0.5) is 18.4 Å². The number of amides is 3. The summed E-state index contributed by atoms with van der Waals surface area (Å²) in [6.45, 7) is 1.55. The van der Waals surface area contributed by atoms with E-state index in [0.717, 1.165) is 54.9 Å². The van der Waals surface area contributed by atoms with E-state index in [1.54, 1.807) is 0 Å². The van der Waals surface area contributed by atoms with E-state index in [4.69, 9.17) is 4.74 Å². The lowest BCUT2D eigenvalue weighted by Gasteiger charge is -2.42. The lowest BCUT2D eigenvalue weighted by molar-refractivity contribution is -0.137. The van der Waals surface area contributed by atoms with Gasteiger partial charge in [0.1, 0.15) is 6.04 Å². The molecule has 208 valence electrons. The number of nitrogens with one attached hydrogen (secondary N) is 2. The van der Waals surface area contributed by atoms with Crippen molar-refractivity contribution in [3.63, 3.8) is 0 Å². The van der Waals surface area contributed by atoms with Crippen LogP contribution in [0.25, 0.3) is 0 Å². The van der Waals surface area contributed by atoms with Gasteiger partial charge in [-0.1, -0.05) is 36.4 Å². The molecule has 0 aromatic heterocycles. The van der Waals surface area contributed by atoms with Gasteiger partial charge >= 0.3 is 18.1 Å². The first-order chi connectivity index (χ1) is 18.7. The molecule has 39 heavy (non-hydrogen) atoms. The van der Waals surface area contributed by atoms with Gasteiger partial charge in [-0.05, 0) is 61.8 Å². The maximum absolute atomic E-state index is 14.2. The lowest BCUT2D eigenvalue weighted by atomic mass is 9.82. The Balaban J connectivity index is 1.51. The fraction of sp³-hybridized carbons (Fsp3) is 0.393. The highest BCUT2D eigenvalue weighted by Crippen LogP contribution is 2.36. The Hall–Kier alpha value is -3.99. The number of hydrazine groups is 1. The third kappa shape index (κ3) is 6.19. The topological polar surface area (TPSA) is 111 Å². The summed E-state index contributed by atoms with van der Waals surface area (Å²) in [4.78, 5) is 38.2. The second-order valence-corrected chi connectivity index (χ2v) is 9.70. The molecule has 1 fully saturated rings. The molecule has 1 atom stereocenters. The molecule has 1 saturated carbocycles. The fourth-order valence-electron chi connectivity index (χ4n) is 5.37. The second kappa shape index (κ2) is 12.2. The minimum absolute atomic E-state index is 0.0157. The van der Waals surface area contributed by atoms with Gasteiger partial charge in [0.2, 0.25) is 0 Å². The molecule has 3 N–H and O–H groups in total. The average Bonchev–Trinajstić information content (AvgIpc) is 2.93. The Kier molecular flexibility index (Phi) is 8.80. The first-order valence-electron chi connectivity index (χ1n) is 12.8. The summed E-state index contributed by atoms with van der Waals surface area (Å²) < 4.78 is 32.8. The number of rotatable bonds is 8. The van der Waals surface area contributed by atoms with Crippen LogP contribution >= 0.6 is 0 Å². The Bertz CT molecular complexity index is 1250. The first kappa shape index (κ1) is 28.0. The van der Waals surface area contributed by atoms with Crippen molar-refractivity contribution in [3.8, 4) is 0 Å². The zero-order valence-corrected chi connectivity index (χ0v) is 21.8. The molecule has 0 radical (unpaired) electrons. The summed E-state index contributed by atoms with van der Waals surface area (Å²) in [5, 5.41) is 17.5. The summed E-state index contributed by atoms with van der Waals surface area (Å²) in [5.41, 5.74) is 1.36. The van der Waals surface area contributed by atoms with Crippen molar-refractivity contribution in [2.24, 2.45) is 0 Å². The van der Waals surface area contributed by atoms with E-state index in [1.165, 1.54) is 18.6 Å². The molecule has 4 rings (SSSR count). The molecule has 2 aliphatic rings. The number of carbonyl (C=O) groups is 3. The van der Waals surface area contributed by atoms with Crippen LogP contribution in [0, 0.1) is 11.6 Å². The van der Waals surface area contributed by atoms with Crippen molar-refractivity contribution in [1.29, 1.82) is 0 Å². The van der Waals surface area contributed by atoms with E-state index < -0.39 is 35.8 Å². The SMILES string of the molecule is COC(=O)C1=C(C)NC(=O)N(N(CCN[C@H]2CC[C@@H](c3ccccc3)CC2)C(=O)O)C1c1ccc(F)c(F)c1. The molecule has 0 saturated heterocycles. The van der Waals surface area contributed by atoms with Crippen LogP contribution in [0.15, 0.2) is 59.8 Å². The molecular weight excluding hydrogens is 510 g/mol. The van der Waals surface area contributed by atoms with Gasteiger partial charge in [-0.25, -0.2) is 33.2 Å². The predicted molar refractivity (Wildman–Crippen MR) is 138 cm³/mol. The van der Waals surface area contributed by atoms with E-state index in [9.17, 15) is 28.3 Å². The van der Waals surface area contributed by atoms with Crippen LogP contribution in [-0.2, 0) is 9.53 Å². The summed E-state index contributed by atoms with van der Waals surface area (Å²) in [6, 6.07) is 11.2. The van der Waals surface area contributed by atoms with Crippen molar-refractivity contribution in [2.75, 3.05) is 20.2 Å². The third-order valence-electron chi connectivity index (χ3n) is 7.32. The van der Waals surface area contributed by atoms with E-state index in [-0.39, 0.29) is 36.0 Å². The molecule has 0 spiro atoms. The maximum atomic E-state index is 14.2. The summed E-state index contributed by atoms with van der Waals surface area (Å²) in [6.07, 6.45) is 2.40. The number of allylic oxidation sites excluding steroid dienone is 1. The van der Waals surface area contributed by atoms with Crippen LogP contribution in [-0.4, -0.2) is 59.5 Å². The average molecular weight is 543 g/mol. The largest absolute Gasteiger partial charge is 0.466 e. The summed E-state index contributed by atoms with van der Waals surface area (Å²) >= 11 is 0. The highest BCUT2D eigenvalue weighted by Gasteiger charge is 2.43. The van der Waals surface area contributed by atoms with Crippen molar-refractivity contribution in [3.05, 3.63) is 82.6 Å². The van der Waals surface area contributed by atoms with Gasteiger partial charge in [0.15, 0.2) is 11.6 Å². The fourth-order valence-corrected chi connectivity index (χ4v) is 5.37. The normalized spacial score (nSPS) is 21.4. The van der Waals surface area contributed by atoms with Crippen molar-refractivity contribution in [1.82, 2.24) is 20.7 Å². The number of halogens is 2. The van der Waals surface area contributed by atoms with Gasteiger partial charge in [0.05, 0.1) is 19.2 Å². The van der Waals surface area contributed by atoms with E-state index in [2.05, 4.69) is 22.8 Å². The van der Waals surface area contributed by atoms with Gasteiger partial charge in [-0.2, -0.15) is 0 Å². The Morgan fingerprint density at radius 2 is 1.77 bits per heavy atom. The van der Waals surface area contributed by atoms with Crippen LogP contribution in [0.5, 0.6) is 0 Å². The van der Waals surface area contributed by atoms with Gasteiger partial charge in [-0.3, -0.25) is 0 Å². The standard InChI is InChI=1S/C28H32F2N4O5/c1-17-24(26(35)39-2)25(20-10-13-22(29)23(30)16-20)34(27(36)32-17)33(28(37)38)15-14-31-21-11-8-19(9-12-21)18-6-4-3-5-7-18/h3-7,10,13,16,19,21,25,31H,8-9,11-12,14-15H2,1-2H3,(H,32,36)(H,37,38)/t19-,21+,25?. The number of methoxy groups -OCH3 is 1. The minimum Gasteiger partial charge on any atom is -0.466 e. The molecule has 1 unspecified atom stereocenters. The number of hydrogen-bond donors (Lipinski definition) is 3. The molecule has 1 heterocycles. The van der Waals surface area contributed by atoms with E-state index in [0.29, 0.717) is 5.92 Å². The maximum Gasteiger partial charge on any atom is 0.426 e. The zero-order valence-electron chi connectivity index (χ0n) is 21.8. The van der Waals surface area contributed by atoms with Gasteiger partial charge in [-0.15, -0.1) is 0 Å². The quantitative estimate of drug-likeness (QED) is 0.418. The van der Waals surface area contributed by atoms with Crippen LogP contribution in [0.3, 0.4) is 0 Å². The van der Waals surface area contributed by atoms with Crippen molar-refractivity contribution >= 4 is 18.1 Å². The Morgan fingerprint density at radius 1 is 1.08 bits per heavy atom. The molecule has 1 aliphatic carbocycles. The minimum atomic E-state index is -1.45. The number of carbonyl (C=O) groups excluding carboxylic acids is 2. The lowest BCUT2D eigenvalue weighted by Crippen LogP contribution is -2.59. The molecule has 3 amide bonds. The van der Waals surface area contributed by atoms with Gasteiger partial charge in [0, 0.05) is 18.3 Å². The highest BCUT2D eigenvalue weighted by atomic mass is 19.2. The number of benzene rings is 2. The number of esters is 1. The molecule has 1 aliphatic heterocycles. The highest BCUT2D eigenvalue weighted by molar-refractivity contribution is 5.95. The molecule has 2 aromatic rings. The summed E-state index contributed by atoms with van der Waals surface area (Å²) in [5.74, 6) is -2.67. The monoisotopic (exact) mass is 542 g/mol. The molecule has 2 aromatic carbocycles. The van der Waals surface area contributed by atoms with Crippen LogP contribution in [0.1, 0.15) is 55.7 Å².